The van der Waals surface area contributed by atoms with Crippen molar-refractivity contribution in [1.29, 1.82) is 0 Å². The number of hydrogen-bond donors (Lipinski definition) is 2. The first kappa shape index (κ1) is 16.1. The van der Waals surface area contributed by atoms with E-state index in [1.807, 2.05) is 0 Å². The van der Waals surface area contributed by atoms with Gasteiger partial charge in [0.2, 0.25) is 5.91 Å². The summed E-state index contributed by atoms with van der Waals surface area (Å²) in [6.45, 7) is -0.360. The summed E-state index contributed by atoms with van der Waals surface area (Å²) in [6, 6.07) is 7.28. The highest BCUT2D eigenvalue weighted by atomic mass is 35.5. The van der Waals surface area contributed by atoms with Gasteiger partial charge in [-0.05, 0) is 24.3 Å². The molecule has 0 aliphatic heterocycles. The zero-order chi connectivity index (χ0) is 16.3. The Labute approximate surface area is 134 Å². The fraction of sp³-hybridized carbons (Fsp3) is 0.0714. The van der Waals surface area contributed by atoms with Crippen molar-refractivity contribution in [3.8, 4) is 0 Å². The number of nitrogens with zero attached hydrogens (tertiary/aromatic N) is 1. The average molecular weight is 341 g/mol. The number of para-hydroxylation sites is 1. The topological polar surface area (TPSA) is 88.4 Å². The second-order valence-corrected chi connectivity index (χ2v) is 5.12. The van der Waals surface area contributed by atoms with E-state index >= 15 is 0 Å². The van der Waals surface area contributed by atoms with Crippen LogP contribution in [0, 0.1) is 0 Å². The standard InChI is InChI=1S/C14H10Cl2N2O4/c15-9-4-1-5-10(16)12(9)17-11(19)7-18-6-2-3-8(13(18)20)14(21)22/h1-6H,7H2,(H,17,19)(H,21,22). The lowest BCUT2D eigenvalue weighted by atomic mass is 10.3. The summed E-state index contributed by atoms with van der Waals surface area (Å²) in [5, 5.41) is 11.9. The highest BCUT2D eigenvalue weighted by molar-refractivity contribution is 6.39. The van der Waals surface area contributed by atoms with Gasteiger partial charge in [-0.25, -0.2) is 4.79 Å². The molecule has 0 saturated heterocycles. The predicted molar refractivity (Wildman–Crippen MR) is 82.8 cm³/mol. The number of benzene rings is 1. The SMILES string of the molecule is O=C(Cn1cccc(C(=O)O)c1=O)Nc1c(Cl)cccc1Cl. The zero-order valence-electron chi connectivity index (χ0n) is 11.0. The van der Waals surface area contributed by atoms with Crippen molar-refractivity contribution < 1.29 is 14.7 Å². The molecule has 22 heavy (non-hydrogen) atoms. The molecule has 0 saturated carbocycles. The first-order chi connectivity index (χ1) is 10.4. The summed E-state index contributed by atoms with van der Waals surface area (Å²) >= 11 is 11.9. The van der Waals surface area contributed by atoms with Crippen LogP contribution in [0.5, 0.6) is 0 Å². The Morgan fingerprint density at radius 1 is 1.14 bits per heavy atom. The number of amides is 1. The van der Waals surface area contributed by atoms with Gasteiger partial charge in [0, 0.05) is 6.20 Å². The molecule has 1 aromatic carbocycles. The molecule has 0 bridgehead atoms. The van der Waals surface area contributed by atoms with Crippen molar-refractivity contribution >= 4 is 40.8 Å². The van der Waals surface area contributed by atoms with Gasteiger partial charge in [-0.1, -0.05) is 29.3 Å². The third kappa shape index (κ3) is 3.47. The number of pyridine rings is 1. The van der Waals surface area contributed by atoms with Gasteiger partial charge in [-0.2, -0.15) is 0 Å². The minimum absolute atomic E-state index is 0.235. The molecular weight excluding hydrogens is 331 g/mol. The summed E-state index contributed by atoms with van der Waals surface area (Å²) in [6.07, 6.45) is 1.32. The van der Waals surface area contributed by atoms with Crippen molar-refractivity contribution in [2.45, 2.75) is 6.54 Å². The molecule has 0 spiro atoms. The second kappa shape index (κ2) is 6.64. The highest BCUT2D eigenvalue weighted by Gasteiger charge is 2.14. The van der Waals surface area contributed by atoms with Gasteiger partial charge in [0.15, 0.2) is 0 Å². The number of aromatic carboxylic acids is 1. The zero-order valence-corrected chi connectivity index (χ0v) is 12.6. The van der Waals surface area contributed by atoms with Gasteiger partial charge >= 0.3 is 5.97 Å². The summed E-state index contributed by atoms with van der Waals surface area (Å²) < 4.78 is 0.990. The number of halogens is 2. The van der Waals surface area contributed by atoms with Crippen LogP contribution in [0.2, 0.25) is 10.0 Å². The van der Waals surface area contributed by atoms with Crippen molar-refractivity contribution in [2.75, 3.05) is 5.32 Å². The number of hydrogen-bond acceptors (Lipinski definition) is 3. The van der Waals surface area contributed by atoms with Crippen molar-refractivity contribution in [1.82, 2.24) is 4.57 Å². The molecule has 1 amide bonds. The van der Waals surface area contributed by atoms with E-state index in [9.17, 15) is 14.4 Å². The Hall–Kier alpha value is -2.31. The minimum Gasteiger partial charge on any atom is -0.477 e. The lowest BCUT2D eigenvalue weighted by molar-refractivity contribution is -0.116. The largest absolute Gasteiger partial charge is 0.477 e. The Morgan fingerprint density at radius 2 is 1.77 bits per heavy atom. The Kier molecular flexibility index (Phi) is 4.85. The molecule has 6 nitrogen and oxygen atoms in total. The summed E-state index contributed by atoms with van der Waals surface area (Å²) in [5.41, 5.74) is -0.945. The average Bonchev–Trinajstić information content (AvgIpc) is 2.45. The third-order valence-corrected chi connectivity index (χ3v) is 3.42. The fourth-order valence-electron chi connectivity index (χ4n) is 1.78. The first-order valence-corrected chi connectivity index (χ1v) is 6.82. The van der Waals surface area contributed by atoms with Gasteiger partial charge in [-0.3, -0.25) is 9.59 Å². The van der Waals surface area contributed by atoms with E-state index < -0.39 is 23.0 Å². The van der Waals surface area contributed by atoms with E-state index in [1.54, 1.807) is 18.2 Å². The number of rotatable bonds is 4. The maximum absolute atomic E-state index is 12.0. The molecule has 1 heterocycles. The van der Waals surface area contributed by atoms with Gasteiger partial charge in [0.05, 0.1) is 15.7 Å². The molecule has 2 N–H and O–H groups in total. The van der Waals surface area contributed by atoms with E-state index in [4.69, 9.17) is 28.3 Å². The predicted octanol–water partition coefficient (Wildman–Crippen LogP) is 2.49. The van der Waals surface area contributed by atoms with Crippen LogP contribution in [0.15, 0.2) is 41.3 Å². The van der Waals surface area contributed by atoms with Crippen molar-refractivity contribution in [3.05, 3.63) is 62.5 Å². The Bertz CT molecular complexity index is 781. The number of carboxylic acids is 1. The van der Waals surface area contributed by atoms with Gasteiger partial charge in [0.25, 0.3) is 5.56 Å². The lowest BCUT2D eigenvalue weighted by Gasteiger charge is -2.10. The van der Waals surface area contributed by atoms with E-state index in [0.717, 1.165) is 4.57 Å². The van der Waals surface area contributed by atoms with Crippen LogP contribution in [0.1, 0.15) is 10.4 Å². The van der Waals surface area contributed by atoms with Crippen LogP contribution in [0.3, 0.4) is 0 Å². The molecule has 0 aliphatic rings. The molecular formula is C14H10Cl2N2O4. The number of carboxylic acid groups (broad SMARTS) is 1. The maximum atomic E-state index is 12.0. The van der Waals surface area contributed by atoms with E-state index in [0.29, 0.717) is 0 Å². The molecule has 0 radical (unpaired) electrons. The third-order valence-electron chi connectivity index (χ3n) is 2.79. The van der Waals surface area contributed by atoms with Gasteiger partial charge in [0.1, 0.15) is 12.1 Å². The van der Waals surface area contributed by atoms with Crippen LogP contribution in [-0.2, 0) is 11.3 Å². The van der Waals surface area contributed by atoms with Crippen LogP contribution in [-0.4, -0.2) is 21.6 Å². The number of carbonyl (C=O) groups excluding carboxylic acids is 1. The number of nitrogens with one attached hydrogen (secondary N) is 1. The molecule has 0 unspecified atom stereocenters. The Morgan fingerprint density at radius 3 is 2.36 bits per heavy atom. The molecule has 8 heteroatoms. The highest BCUT2D eigenvalue weighted by Crippen LogP contribution is 2.29. The second-order valence-electron chi connectivity index (χ2n) is 4.30. The normalized spacial score (nSPS) is 10.3. The first-order valence-electron chi connectivity index (χ1n) is 6.06. The minimum atomic E-state index is -1.35. The molecule has 2 aromatic rings. The van der Waals surface area contributed by atoms with Crippen molar-refractivity contribution in [3.63, 3.8) is 0 Å². The van der Waals surface area contributed by atoms with Crippen LogP contribution < -0.4 is 10.9 Å². The van der Waals surface area contributed by atoms with E-state index in [2.05, 4.69) is 5.32 Å². The van der Waals surface area contributed by atoms with Crippen LogP contribution in [0.25, 0.3) is 0 Å². The quantitative estimate of drug-likeness (QED) is 0.894. The van der Waals surface area contributed by atoms with Crippen LogP contribution in [0.4, 0.5) is 5.69 Å². The molecule has 2 rings (SSSR count). The molecule has 0 atom stereocenters. The molecule has 0 fully saturated rings. The number of aromatic nitrogens is 1. The number of carbonyl (C=O) groups is 2. The van der Waals surface area contributed by atoms with E-state index in [1.165, 1.54) is 18.3 Å². The van der Waals surface area contributed by atoms with E-state index in [-0.39, 0.29) is 22.3 Å². The summed E-state index contributed by atoms with van der Waals surface area (Å²) in [5.74, 6) is -1.91. The molecule has 114 valence electrons. The van der Waals surface area contributed by atoms with Gasteiger partial charge in [-0.15, -0.1) is 0 Å². The summed E-state index contributed by atoms with van der Waals surface area (Å²) in [4.78, 5) is 34.8. The molecule has 0 aliphatic carbocycles. The summed E-state index contributed by atoms with van der Waals surface area (Å²) in [7, 11) is 0. The number of anilines is 1. The smallest absolute Gasteiger partial charge is 0.341 e. The lowest BCUT2D eigenvalue weighted by Crippen LogP contribution is -2.30. The van der Waals surface area contributed by atoms with Gasteiger partial charge < -0.3 is 15.0 Å². The Balaban J connectivity index is 2.22. The monoisotopic (exact) mass is 340 g/mol. The fourth-order valence-corrected chi connectivity index (χ4v) is 2.27. The molecule has 1 aromatic heterocycles. The van der Waals surface area contributed by atoms with Crippen LogP contribution >= 0.6 is 23.2 Å². The maximum Gasteiger partial charge on any atom is 0.341 e. The van der Waals surface area contributed by atoms with Crippen molar-refractivity contribution in [2.24, 2.45) is 0 Å².